The molecule has 0 radical (unpaired) electrons. The van der Waals surface area contributed by atoms with Gasteiger partial charge in [-0.1, -0.05) is 0 Å². The molecule has 0 bridgehead atoms. The van der Waals surface area contributed by atoms with Crippen molar-refractivity contribution in [2.24, 2.45) is 5.73 Å². The third-order valence-electron chi connectivity index (χ3n) is 2.49. The molecular formula is C14H15N3O4. The van der Waals surface area contributed by atoms with E-state index in [4.69, 9.17) is 17.3 Å². The first-order valence-electron chi connectivity index (χ1n) is 6.04. The van der Waals surface area contributed by atoms with E-state index in [9.17, 15) is 14.4 Å². The molecule has 1 rings (SSSR count). The zero-order valence-electron chi connectivity index (χ0n) is 11.1. The minimum atomic E-state index is -1.13. The second-order valence-electron chi connectivity index (χ2n) is 4.16. The number of hydrogen-bond donors (Lipinski definition) is 4. The third kappa shape index (κ3) is 5.34. The molecule has 5 N–H and O–H groups in total. The molecular weight excluding hydrogens is 274 g/mol. The zero-order chi connectivity index (χ0) is 15.8. The maximum atomic E-state index is 11.6. The summed E-state index contributed by atoms with van der Waals surface area (Å²) in [6.07, 6.45) is 5.19. The molecule has 0 aliphatic carbocycles. The quantitative estimate of drug-likeness (QED) is 0.540. The number of carbonyl (C=O) groups is 3. The Kier molecular flexibility index (Phi) is 5.92. The lowest BCUT2D eigenvalue weighted by molar-refractivity contribution is -0.135. The first kappa shape index (κ1) is 16.2. The normalized spacial score (nSPS) is 11.0. The average molecular weight is 289 g/mol. The van der Waals surface area contributed by atoms with Crippen LogP contribution in [-0.2, 0) is 9.59 Å². The molecule has 0 spiro atoms. The van der Waals surface area contributed by atoms with E-state index >= 15 is 0 Å². The molecule has 110 valence electrons. The second-order valence-corrected chi connectivity index (χ2v) is 4.16. The number of benzene rings is 1. The number of carbonyl (C=O) groups excluding carboxylic acids is 2. The molecule has 2 amide bonds. The van der Waals surface area contributed by atoms with Crippen molar-refractivity contribution in [3.63, 3.8) is 0 Å². The first-order chi connectivity index (χ1) is 9.93. The standard InChI is InChI=1S/C14H15N3O4/c1-2-3-11(15)14(21)17-10-6-4-9(5-7-10)13(20)16-8-12(18)19/h1,4-7,11H,3,8,15H2,(H,16,20)(H,17,21)(H,18,19). The van der Waals surface area contributed by atoms with Gasteiger partial charge in [0.25, 0.3) is 5.91 Å². The molecule has 1 aromatic rings. The number of carboxylic acid groups (broad SMARTS) is 1. The number of anilines is 1. The van der Waals surface area contributed by atoms with Crippen LogP contribution >= 0.6 is 0 Å². The van der Waals surface area contributed by atoms with Crippen LogP contribution in [0.4, 0.5) is 5.69 Å². The molecule has 7 heteroatoms. The van der Waals surface area contributed by atoms with E-state index in [0.717, 1.165) is 0 Å². The van der Waals surface area contributed by atoms with E-state index in [1.165, 1.54) is 24.3 Å². The molecule has 1 unspecified atom stereocenters. The summed E-state index contributed by atoms with van der Waals surface area (Å²) in [5.74, 6) is 0.230. The Hall–Kier alpha value is -2.85. The van der Waals surface area contributed by atoms with Gasteiger partial charge in [-0.2, -0.15) is 0 Å². The fourth-order valence-corrected chi connectivity index (χ4v) is 1.42. The molecule has 0 aliphatic rings. The number of nitrogens with two attached hydrogens (primary N) is 1. The highest BCUT2D eigenvalue weighted by Gasteiger charge is 2.12. The monoisotopic (exact) mass is 289 g/mol. The predicted octanol–water partition coefficient (Wildman–Crippen LogP) is -0.210. The van der Waals surface area contributed by atoms with Gasteiger partial charge in [-0.3, -0.25) is 14.4 Å². The summed E-state index contributed by atoms with van der Waals surface area (Å²) < 4.78 is 0. The van der Waals surface area contributed by atoms with Gasteiger partial charge in [0.15, 0.2) is 0 Å². The summed E-state index contributed by atoms with van der Waals surface area (Å²) in [6, 6.07) is 5.14. The minimum absolute atomic E-state index is 0.126. The highest BCUT2D eigenvalue weighted by atomic mass is 16.4. The van der Waals surface area contributed by atoms with E-state index < -0.39 is 30.4 Å². The van der Waals surface area contributed by atoms with Gasteiger partial charge >= 0.3 is 5.97 Å². The highest BCUT2D eigenvalue weighted by molar-refractivity contribution is 5.97. The number of carboxylic acids is 1. The van der Waals surface area contributed by atoms with Crippen LogP contribution in [0.3, 0.4) is 0 Å². The Morgan fingerprint density at radius 3 is 2.43 bits per heavy atom. The Morgan fingerprint density at radius 2 is 1.90 bits per heavy atom. The Morgan fingerprint density at radius 1 is 1.29 bits per heavy atom. The summed E-state index contributed by atoms with van der Waals surface area (Å²) >= 11 is 0. The van der Waals surface area contributed by atoms with Crippen molar-refractivity contribution in [1.82, 2.24) is 5.32 Å². The van der Waals surface area contributed by atoms with Crippen LogP contribution in [0, 0.1) is 12.3 Å². The van der Waals surface area contributed by atoms with Crippen molar-refractivity contribution in [3.8, 4) is 12.3 Å². The van der Waals surface area contributed by atoms with E-state index in [-0.39, 0.29) is 12.0 Å². The van der Waals surface area contributed by atoms with Crippen LogP contribution in [0.5, 0.6) is 0 Å². The van der Waals surface area contributed by atoms with Gasteiger partial charge in [0.05, 0.1) is 6.04 Å². The predicted molar refractivity (Wildman–Crippen MR) is 76.5 cm³/mol. The fraction of sp³-hybridized carbons (Fsp3) is 0.214. The number of hydrogen-bond acceptors (Lipinski definition) is 4. The second kappa shape index (κ2) is 7.67. The summed E-state index contributed by atoms with van der Waals surface area (Å²) in [5, 5.41) is 13.2. The van der Waals surface area contributed by atoms with Crippen LogP contribution < -0.4 is 16.4 Å². The lowest BCUT2D eigenvalue weighted by Gasteiger charge is -2.10. The zero-order valence-corrected chi connectivity index (χ0v) is 11.1. The molecule has 0 aromatic heterocycles. The average Bonchev–Trinajstić information content (AvgIpc) is 2.45. The molecule has 0 aliphatic heterocycles. The van der Waals surface area contributed by atoms with E-state index in [1.54, 1.807) is 0 Å². The molecule has 0 heterocycles. The van der Waals surface area contributed by atoms with E-state index in [2.05, 4.69) is 16.6 Å². The molecule has 1 aromatic carbocycles. The summed E-state index contributed by atoms with van der Waals surface area (Å²) in [5.41, 5.74) is 6.29. The van der Waals surface area contributed by atoms with E-state index in [1.807, 2.05) is 0 Å². The van der Waals surface area contributed by atoms with E-state index in [0.29, 0.717) is 5.69 Å². The van der Waals surface area contributed by atoms with Gasteiger partial charge in [-0.25, -0.2) is 0 Å². The Bertz CT molecular complexity index is 575. The number of aliphatic carboxylic acids is 1. The summed E-state index contributed by atoms with van der Waals surface area (Å²) in [7, 11) is 0. The van der Waals surface area contributed by atoms with Crippen LogP contribution in [-0.4, -0.2) is 35.5 Å². The van der Waals surface area contributed by atoms with Crippen LogP contribution in [0.2, 0.25) is 0 Å². The summed E-state index contributed by atoms with van der Waals surface area (Å²) in [6.45, 7) is -0.460. The topological polar surface area (TPSA) is 122 Å². The maximum Gasteiger partial charge on any atom is 0.322 e. The molecule has 21 heavy (non-hydrogen) atoms. The van der Waals surface area contributed by atoms with Crippen molar-refractivity contribution in [2.45, 2.75) is 12.5 Å². The van der Waals surface area contributed by atoms with Crippen LogP contribution in [0.25, 0.3) is 0 Å². The van der Waals surface area contributed by atoms with Gasteiger partial charge in [-0.15, -0.1) is 12.3 Å². The van der Waals surface area contributed by atoms with Gasteiger partial charge in [0.1, 0.15) is 6.54 Å². The lowest BCUT2D eigenvalue weighted by atomic mass is 10.1. The maximum absolute atomic E-state index is 11.6. The van der Waals surface area contributed by atoms with Crippen molar-refractivity contribution in [3.05, 3.63) is 29.8 Å². The lowest BCUT2D eigenvalue weighted by Crippen LogP contribution is -2.35. The van der Waals surface area contributed by atoms with Gasteiger partial charge in [0.2, 0.25) is 5.91 Å². The Labute approximate surface area is 121 Å². The van der Waals surface area contributed by atoms with Crippen LogP contribution in [0.15, 0.2) is 24.3 Å². The molecule has 0 saturated carbocycles. The fourth-order valence-electron chi connectivity index (χ4n) is 1.42. The molecule has 1 atom stereocenters. The first-order valence-corrected chi connectivity index (χ1v) is 6.04. The van der Waals surface area contributed by atoms with Gasteiger partial charge < -0.3 is 21.5 Å². The largest absolute Gasteiger partial charge is 0.480 e. The SMILES string of the molecule is C#CCC(N)C(=O)Nc1ccc(C(=O)NCC(=O)O)cc1. The minimum Gasteiger partial charge on any atom is -0.480 e. The molecule has 7 nitrogen and oxygen atoms in total. The van der Waals surface area contributed by atoms with Gasteiger partial charge in [-0.05, 0) is 24.3 Å². The number of rotatable bonds is 6. The molecule has 0 fully saturated rings. The van der Waals surface area contributed by atoms with Gasteiger partial charge in [0, 0.05) is 17.7 Å². The smallest absolute Gasteiger partial charge is 0.322 e. The van der Waals surface area contributed by atoms with Crippen molar-refractivity contribution < 1.29 is 19.5 Å². The number of amides is 2. The molecule has 0 saturated heterocycles. The Balaban J connectivity index is 2.62. The van der Waals surface area contributed by atoms with Crippen molar-refractivity contribution >= 4 is 23.5 Å². The summed E-state index contributed by atoms with van der Waals surface area (Å²) in [4.78, 5) is 33.5. The highest BCUT2D eigenvalue weighted by Crippen LogP contribution is 2.10. The third-order valence-corrected chi connectivity index (χ3v) is 2.49. The van der Waals surface area contributed by atoms with Crippen molar-refractivity contribution in [1.29, 1.82) is 0 Å². The number of terminal acetylenes is 1. The van der Waals surface area contributed by atoms with Crippen LogP contribution in [0.1, 0.15) is 16.8 Å². The van der Waals surface area contributed by atoms with Crippen molar-refractivity contribution in [2.75, 3.05) is 11.9 Å². The number of nitrogens with one attached hydrogen (secondary N) is 2.